The lowest BCUT2D eigenvalue weighted by Gasteiger charge is -2.35. The highest BCUT2D eigenvalue weighted by Crippen LogP contribution is 2.30. The summed E-state index contributed by atoms with van der Waals surface area (Å²) < 4.78 is 1.60. The van der Waals surface area contributed by atoms with Gasteiger partial charge < -0.3 is 10.0 Å². The van der Waals surface area contributed by atoms with Gasteiger partial charge in [-0.3, -0.25) is 14.2 Å². The molecule has 1 aliphatic rings. The molecule has 1 N–H and O–H groups in total. The monoisotopic (exact) mass is 411 g/mol. The number of likely N-dealkylation sites (tertiary alicyclic amines) is 1. The molecule has 1 aliphatic heterocycles. The first-order valence-corrected chi connectivity index (χ1v) is 10.9. The Labute approximate surface area is 173 Å². The van der Waals surface area contributed by atoms with Gasteiger partial charge >= 0.3 is 0 Å². The van der Waals surface area contributed by atoms with Crippen LogP contribution in [0.5, 0.6) is 0 Å². The van der Waals surface area contributed by atoms with Crippen molar-refractivity contribution < 1.29 is 9.90 Å². The zero-order chi connectivity index (χ0) is 20.4. The van der Waals surface area contributed by atoms with Crippen LogP contribution in [-0.2, 0) is 6.54 Å². The Morgan fingerprint density at radius 2 is 2.07 bits per heavy atom. The minimum Gasteiger partial charge on any atom is -0.396 e. The third-order valence-electron chi connectivity index (χ3n) is 5.66. The number of hydrogen-bond acceptors (Lipinski definition) is 5. The summed E-state index contributed by atoms with van der Waals surface area (Å²) in [6, 6.07) is 9.85. The van der Waals surface area contributed by atoms with Crippen LogP contribution in [0.25, 0.3) is 10.2 Å². The Morgan fingerprint density at radius 3 is 2.83 bits per heavy atom. The number of benzene rings is 1. The van der Waals surface area contributed by atoms with Crippen molar-refractivity contribution in [2.24, 2.45) is 0 Å². The maximum atomic E-state index is 13.3. The fraction of sp³-hybridized carbons (Fsp3) is 0.409. The molecule has 3 aromatic rings. The average Bonchev–Trinajstić information content (AvgIpc) is 3.08. The molecule has 0 radical (unpaired) electrons. The molecule has 0 aliphatic carbocycles. The number of fused-ring (bicyclic) bond motifs is 1. The van der Waals surface area contributed by atoms with Gasteiger partial charge in [-0.25, -0.2) is 4.98 Å². The lowest BCUT2D eigenvalue weighted by molar-refractivity contribution is 0.0579. The summed E-state index contributed by atoms with van der Waals surface area (Å²) >= 11 is 1.30. The zero-order valence-corrected chi connectivity index (χ0v) is 17.3. The molecule has 1 fully saturated rings. The largest absolute Gasteiger partial charge is 0.396 e. The number of aliphatic hydroxyl groups is 1. The van der Waals surface area contributed by atoms with Gasteiger partial charge in [0.2, 0.25) is 0 Å². The van der Waals surface area contributed by atoms with Crippen LogP contribution in [0.15, 0.2) is 41.5 Å². The van der Waals surface area contributed by atoms with Gasteiger partial charge in [-0.1, -0.05) is 30.3 Å². The zero-order valence-electron chi connectivity index (χ0n) is 16.5. The molecule has 1 aromatic carbocycles. The molecular formula is C22H25N3O3S. The van der Waals surface area contributed by atoms with Gasteiger partial charge in [0.1, 0.15) is 4.83 Å². The fourth-order valence-corrected chi connectivity index (χ4v) is 5.20. The van der Waals surface area contributed by atoms with Crippen molar-refractivity contribution in [1.29, 1.82) is 0 Å². The lowest BCUT2D eigenvalue weighted by atomic mass is 9.99. The average molecular weight is 412 g/mol. The van der Waals surface area contributed by atoms with E-state index in [0.29, 0.717) is 40.2 Å². The van der Waals surface area contributed by atoms with Crippen LogP contribution in [0.2, 0.25) is 0 Å². The number of hydrogen-bond donors (Lipinski definition) is 1. The van der Waals surface area contributed by atoms with Gasteiger partial charge in [-0.05, 0) is 43.7 Å². The number of nitrogens with zero attached hydrogens (tertiary/aromatic N) is 3. The molecular weight excluding hydrogens is 386 g/mol. The van der Waals surface area contributed by atoms with E-state index in [9.17, 15) is 14.7 Å². The summed E-state index contributed by atoms with van der Waals surface area (Å²) in [7, 11) is 0. The van der Waals surface area contributed by atoms with Crippen molar-refractivity contribution >= 4 is 27.5 Å². The predicted octanol–water partition coefficient (Wildman–Crippen LogP) is 3.19. The number of piperidine rings is 1. The summed E-state index contributed by atoms with van der Waals surface area (Å²) in [5.74, 6) is -0.0438. The second-order valence-electron chi connectivity index (χ2n) is 7.56. The normalized spacial score (nSPS) is 17.0. The quantitative estimate of drug-likeness (QED) is 0.700. The van der Waals surface area contributed by atoms with Crippen molar-refractivity contribution in [2.75, 3.05) is 13.2 Å². The number of carbonyl (C=O) groups is 1. The second-order valence-corrected chi connectivity index (χ2v) is 8.56. The van der Waals surface area contributed by atoms with Gasteiger partial charge in [0.05, 0.1) is 23.1 Å². The number of aromatic nitrogens is 2. The van der Waals surface area contributed by atoms with Gasteiger partial charge in [0.15, 0.2) is 0 Å². The molecule has 0 bridgehead atoms. The summed E-state index contributed by atoms with van der Waals surface area (Å²) in [4.78, 5) is 33.9. The van der Waals surface area contributed by atoms with Crippen LogP contribution >= 0.6 is 11.3 Å². The van der Waals surface area contributed by atoms with Crippen LogP contribution in [0.4, 0.5) is 0 Å². The molecule has 1 unspecified atom stereocenters. The topological polar surface area (TPSA) is 75.4 Å². The number of carbonyl (C=O) groups excluding carboxylic acids is 1. The Balaban J connectivity index is 1.69. The molecule has 0 saturated carbocycles. The molecule has 29 heavy (non-hydrogen) atoms. The molecule has 3 heterocycles. The van der Waals surface area contributed by atoms with Crippen LogP contribution in [0, 0.1) is 6.92 Å². The standard InChI is InChI=1S/C22H25N3O3S/c1-15-18-20(23-14-24(21(18)27)13-16-7-3-2-4-8-16)29-19(15)22(28)25-11-6-5-9-17(25)10-12-26/h2-4,7-8,14,17,26H,5-6,9-13H2,1H3. The van der Waals surface area contributed by atoms with Gasteiger partial charge in [0, 0.05) is 19.2 Å². The van der Waals surface area contributed by atoms with Gasteiger partial charge in [-0.2, -0.15) is 0 Å². The van der Waals surface area contributed by atoms with Crippen LogP contribution in [0.3, 0.4) is 0 Å². The lowest BCUT2D eigenvalue weighted by Crippen LogP contribution is -2.44. The van der Waals surface area contributed by atoms with E-state index < -0.39 is 0 Å². The van der Waals surface area contributed by atoms with E-state index >= 15 is 0 Å². The molecule has 6 nitrogen and oxygen atoms in total. The first kappa shape index (κ1) is 19.8. The number of rotatable bonds is 5. The number of thiophene rings is 1. The number of aliphatic hydroxyl groups excluding tert-OH is 1. The van der Waals surface area contributed by atoms with Crippen molar-refractivity contribution in [3.63, 3.8) is 0 Å². The predicted molar refractivity (Wildman–Crippen MR) is 115 cm³/mol. The summed E-state index contributed by atoms with van der Waals surface area (Å²) in [6.45, 7) is 3.06. The van der Waals surface area contributed by atoms with Gasteiger partial charge in [-0.15, -0.1) is 11.3 Å². The minimum absolute atomic E-state index is 0.0438. The Morgan fingerprint density at radius 1 is 1.28 bits per heavy atom. The Bertz CT molecular complexity index is 1070. The minimum atomic E-state index is -0.114. The molecule has 2 aromatic heterocycles. The van der Waals surface area contributed by atoms with E-state index in [4.69, 9.17) is 0 Å². The molecule has 1 saturated heterocycles. The molecule has 0 spiro atoms. The van der Waals surface area contributed by atoms with Crippen molar-refractivity contribution in [2.45, 2.75) is 45.2 Å². The summed E-state index contributed by atoms with van der Waals surface area (Å²) in [6.07, 6.45) is 5.12. The Kier molecular flexibility index (Phi) is 5.78. The van der Waals surface area contributed by atoms with Crippen LogP contribution in [-0.4, -0.2) is 44.7 Å². The van der Waals surface area contributed by atoms with Crippen molar-refractivity contribution in [3.05, 3.63) is 63.0 Å². The second kappa shape index (κ2) is 8.47. The molecule has 4 rings (SSSR count). The van der Waals surface area contributed by atoms with Crippen LogP contribution in [0.1, 0.15) is 46.5 Å². The molecule has 1 amide bonds. The van der Waals surface area contributed by atoms with E-state index in [1.807, 2.05) is 42.2 Å². The maximum absolute atomic E-state index is 13.3. The third kappa shape index (κ3) is 3.84. The van der Waals surface area contributed by atoms with Crippen LogP contribution < -0.4 is 5.56 Å². The van der Waals surface area contributed by atoms with E-state index in [1.54, 1.807) is 10.9 Å². The number of aryl methyl sites for hydroxylation is 1. The summed E-state index contributed by atoms with van der Waals surface area (Å²) in [5, 5.41) is 9.89. The highest BCUT2D eigenvalue weighted by Gasteiger charge is 2.30. The fourth-order valence-electron chi connectivity index (χ4n) is 4.10. The van der Waals surface area contributed by atoms with Gasteiger partial charge in [0.25, 0.3) is 11.5 Å². The van der Waals surface area contributed by atoms with E-state index in [0.717, 1.165) is 24.8 Å². The maximum Gasteiger partial charge on any atom is 0.264 e. The number of amides is 1. The molecule has 7 heteroatoms. The highest BCUT2D eigenvalue weighted by molar-refractivity contribution is 7.20. The molecule has 1 atom stereocenters. The first-order chi connectivity index (χ1) is 14.1. The SMILES string of the molecule is Cc1c(C(=O)N2CCCCC2CCO)sc2ncn(Cc3ccccc3)c(=O)c12. The summed E-state index contributed by atoms with van der Waals surface area (Å²) in [5.41, 5.74) is 1.63. The highest BCUT2D eigenvalue weighted by atomic mass is 32.1. The van der Waals surface area contributed by atoms with E-state index in [2.05, 4.69) is 4.98 Å². The third-order valence-corrected chi connectivity index (χ3v) is 6.85. The molecule has 152 valence electrons. The van der Waals surface area contributed by atoms with E-state index in [1.165, 1.54) is 11.3 Å². The van der Waals surface area contributed by atoms with Crippen molar-refractivity contribution in [1.82, 2.24) is 14.5 Å². The van der Waals surface area contributed by atoms with E-state index in [-0.39, 0.29) is 24.1 Å². The van der Waals surface area contributed by atoms with Crippen molar-refractivity contribution in [3.8, 4) is 0 Å². The first-order valence-electron chi connectivity index (χ1n) is 10.0. The Hall–Kier alpha value is -2.51. The smallest absolute Gasteiger partial charge is 0.264 e.